The number of hydrogen-bond donors (Lipinski definition) is 0. The van der Waals surface area contributed by atoms with E-state index in [0.29, 0.717) is 11.3 Å². The molecule has 0 bridgehead atoms. The molecule has 0 N–H and O–H groups in total. The summed E-state index contributed by atoms with van der Waals surface area (Å²) >= 11 is 0. The Bertz CT molecular complexity index is 346. The largest absolute Gasteiger partial charge is 1.00 e. The topological polar surface area (TPSA) is 76.8 Å². The van der Waals surface area contributed by atoms with E-state index in [2.05, 4.69) is 4.98 Å². The van der Waals surface area contributed by atoms with E-state index in [1.807, 2.05) is 6.07 Å². The van der Waals surface area contributed by atoms with E-state index in [1.54, 1.807) is 0 Å². The zero-order chi connectivity index (χ0) is 8.97. The minimum Gasteiger partial charge on any atom is -0.550 e. The first-order valence-corrected chi connectivity index (χ1v) is 3.27. The third kappa shape index (κ3) is 3.75. The standard InChI is InChI=1S/C8H6N2O2.Li/c9-5-6-1-2-10-7(3-6)4-8(11)12;/h1-3H,4H2,(H,11,12);/q;+1/p-1. The second-order valence-electron chi connectivity index (χ2n) is 2.20. The van der Waals surface area contributed by atoms with E-state index in [1.165, 1.54) is 18.3 Å². The van der Waals surface area contributed by atoms with Gasteiger partial charge in [0.2, 0.25) is 0 Å². The van der Waals surface area contributed by atoms with Crippen LogP contribution in [0.1, 0.15) is 11.3 Å². The Labute approximate surface area is 87.4 Å². The van der Waals surface area contributed by atoms with Crippen molar-refractivity contribution in [2.45, 2.75) is 6.42 Å². The minimum absolute atomic E-state index is 0. The van der Waals surface area contributed by atoms with Gasteiger partial charge in [-0.05, 0) is 12.1 Å². The van der Waals surface area contributed by atoms with Crippen molar-refractivity contribution in [1.82, 2.24) is 4.98 Å². The van der Waals surface area contributed by atoms with Gasteiger partial charge in [-0.3, -0.25) is 4.98 Å². The zero-order valence-electron chi connectivity index (χ0n) is 7.15. The van der Waals surface area contributed by atoms with E-state index in [-0.39, 0.29) is 25.3 Å². The van der Waals surface area contributed by atoms with Crippen LogP contribution in [0.5, 0.6) is 0 Å². The monoisotopic (exact) mass is 168 g/mol. The number of pyridine rings is 1. The number of carboxylic acids is 1. The number of nitrogens with zero attached hydrogens (tertiary/aromatic N) is 2. The summed E-state index contributed by atoms with van der Waals surface area (Å²) in [5, 5.41) is 18.6. The number of aliphatic carboxylic acids is 1. The second kappa shape index (κ2) is 5.37. The van der Waals surface area contributed by atoms with Crippen LogP contribution in [0.3, 0.4) is 0 Å². The van der Waals surface area contributed by atoms with Gasteiger partial charge in [-0.1, -0.05) is 0 Å². The third-order valence-corrected chi connectivity index (χ3v) is 1.27. The van der Waals surface area contributed by atoms with Gasteiger partial charge in [0.15, 0.2) is 0 Å². The summed E-state index contributed by atoms with van der Waals surface area (Å²) in [6.45, 7) is 0. The van der Waals surface area contributed by atoms with Crippen LogP contribution < -0.4 is 24.0 Å². The van der Waals surface area contributed by atoms with Gasteiger partial charge >= 0.3 is 18.9 Å². The molecule has 1 aromatic rings. The molecule has 0 aliphatic carbocycles. The van der Waals surface area contributed by atoms with Crippen molar-refractivity contribution in [2.75, 3.05) is 0 Å². The fourth-order valence-corrected chi connectivity index (χ4v) is 0.792. The summed E-state index contributed by atoms with van der Waals surface area (Å²) in [6.07, 6.45) is 1.15. The van der Waals surface area contributed by atoms with Crippen LogP contribution in [-0.2, 0) is 11.2 Å². The van der Waals surface area contributed by atoms with Crippen molar-refractivity contribution in [3.8, 4) is 6.07 Å². The molecule has 0 saturated heterocycles. The SMILES string of the molecule is N#Cc1ccnc(CC(=O)[O-])c1.[Li+]. The first-order chi connectivity index (χ1) is 5.72. The Balaban J connectivity index is 0.00000144. The summed E-state index contributed by atoms with van der Waals surface area (Å²) in [7, 11) is 0. The molecule has 4 nitrogen and oxygen atoms in total. The Morgan fingerprint density at radius 3 is 2.92 bits per heavy atom. The van der Waals surface area contributed by atoms with E-state index in [9.17, 15) is 9.90 Å². The Hall–Kier alpha value is -1.29. The van der Waals surface area contributed by atoms with Crippen molar-refractivity contribution >= 4 is 5.97 Å². The number of carbonyl (C=O) groups excluding carboxylic acids is 1. The number of aromatic nitrogens is 1. The smallest absolute Gasteiger partial charge is 0.550 e. The van der Waals surface area contributed by atoms with E-state index in [4.69, 9.17) is 5.26 Å². The number of hydrogen-bond acceptors (Lipinski definition) is 4. The van der Waals surface area contributed by atoms with Crippen LogP contribution in [0, 0.1) is 11.3 Å². The molecule has 0 saturated carbocycles. The quantitative estimate of drug-likeness (QED) is 0.425. The van der Waals surface area contributed by atoms with Gasteiger partial charge in [0.25, 0.3) is 0 Å². The van der Waals surface area contributed by atoms with Crippen LogP contribution in [0.2, 0.25) is 0 Å². The van der Waals surface area contributed by atoms with Gasteiger partial charge in [-0.2, -0.15) is 5.26 Å². The van der Waals surface area contributed by atoms with E-state index in [0.717, 1.165) is 0 Å². The molecular weight excluding hydrogens is 163 g/mol. The summed E-state index contributed by atoms with van der Waals surface area (Å²) in [5.74, 6) is -1.20. The number of rotatable bonds is 2. The van der Waals surface area contributed by atoms with Crippen molar-refractivity contribution < 1.29 is 28.8 Å². The molecule has 0 spiro atoms. The average molecular weight is 168 g/mol. The fraction of sp³-hybridized carbons (Fsp3) is 0.125. The first-order valence-electron chi connectivity index (χ1n) is 3.27. The molecule has 0 atom stereocenters. The van der Waals surface area contributed by atoms with E-state index < -0.39 is 5.97 Å². The van der Waals surface area contributed by atoms with Gasteiger partial charge in [-0.15, -0.1) is 0 Å². The molecule has 0 unspecified atom stereocenters. The normalized spacial score (nSPS) is 8.23. The molecule has 1 aromatic heterocycles. The molecule has 1 rings (SSSR count). The number of carbonyl (C=O) groups is 1. The zero-order valence-corrected chi connectivity index (χ0v) is 7.15. The van der Waals surface area contributed by atoms with Gasteiger partial charge < -0.3 is 9.90 Å². The first kappa shape index (κ1) is 11.7. The molecule has 0 fully saturated rings. The molecule has 0 aromatic carbocycles. The molecule has 0 aliphatic heterocycles. The van der Waals surface area contributed by atoms with Crippen molar-refractivity contribution in [2.24, 2.45) is 0 Å². The third-order valence-electron chi connectivity index (χ3n) is 1.27. The molecule has 5 heteroatoms. The molecule has 60 valence electrons. The summed E-state index contributed by atoms with van der Waals surface area (Å²) < 4.78 is 0. The summed E-state index contributed by atoms with van der Waals surface area (Å²) in [4.78, 5) is 13.9. The van der Waals surface area contributed by atoms with Crippen LogP contribution in [0.4, 0.5) is 0 Å². The van der Waals surface area contributed by atoms with E-state index >= 15 is 0 Å². The van der Waals surface area contributed by atoms with Crippen LogP contribution in [-0.4, -0.2) is 11.0 Å². The summed E-state index contributed by atoms with van der Waals surface area (Å²) in [6, 6.07) is 4.83. The maximum absolute atomic E-state index is 10.1. The predicted molar refractivity (Wildman–Crippen MR) is 37.7 cm³/mol. The van der Waals surface area contributed by atoms with Crippen LogP contribution >= 0.6 is 0 Å². The fourth-order valence-electron chi connectivity index (χ4n) is 0.792. The summed E-state index contributed by atoms with van der Waals surface area (Å²) in [5.41, 5.74) is 0.746. The Kier molecular flexibility index (Phi) is 4.84. The maximum atomic E-state index is 10.1. The molecule has 13 heavy (non-hydrogen) atoms. The van der Waals surface area contributed by atoms with Crippen LogP contribution in [0.25, 0.3) is 0 Å². The number of carboxylic acid groups (broad SMARTS) is 1. The maximum Gasteiger partial charge on any atom is 1.00 e. The molecule has 1 heterocycles. The molecular formula is C8H5LiN2O2. The molecule has 0 radical (unpaired) electrons. The van der Waals surface area contributed by atoms with Crippen molar-refractivity contribution in [3.63, 3.8) is 0 Å². The van der Waals surface area contributed by atoms with Crippen molar-refractivity contribution in [3.05, 3.63) is 29.6 Å². The van der Waals surface area contributed by atoms with Crippen LogP contribution in [0.15, 0.2) is 18.3 Å². The minimum atomic E-state index is -1.20. The van der Waals surface area contributed by atoms with Gasteiger partial charge in [0.05, 0.1) is 11.6 Å². The van der Waals surface area contributed by atoms with Crippen molar-refractivity contribution in [1.29, 1.82) is 5.26 Å². The van der Waals surface area contributed by atoms with Gasteiger partial charge in [-0.25, -0.2) is 0 Å². The second-order valence-corrected chi connectivity index (χ2v) is 2.20. The predicted octanol–water partition coefficient (Wildman–Crippen LogP) is -3.75. The molecule has 0 aliphatic rings. The molecule has 0 amide bonds. The van der Waals surface area contributed by atoms with Gasteiger partial charge in [0, 0.05) is 24.3 Å². The Morgan fingerprint density at radius 2 is 2.38 bits per heavy atom. The van der Waals surface area contributed by atoms with Gasteiger partial charge in [0.1, 0.15) is 0 Å². The number of nitriles is 1. The Morgan fingerprint density at radius 1 is 1.69 bits per heavy atom. The average Bonchev–Trinajstić information content (AvgIpc) is 2.03.